The lowest BCUT2D eigenvalue weighted by Gasteiger charge is -2.10. The summed E-state index contributed by atoms with van der Waals surface area (Å²) in [6.07, 6.45) is 0.867. The van der Waals surface area contributed by atoms with Gasteiger partial charge in [0.15, 0.2) is 0 Å². The van der Waals surface area contributed by atoms with Gasteiger partial charge in [0.1, 0.15) is 0 Å². The number of nitrogens with two attached hydrogens (primary N) is 1. The monoisotopic (exact) mass is 270 g/mol. The van der Waals surface area contributed by atoms with Crippen molar-refractivity contribution in [2.24, 2.45) is 11.7 Å². The van der Waals surface area contributed by atoms with Gasteiger partial charge in [-0.25, -0.2) is 0 Å². The number of hydrogen-bond donors (Lipinski definition) is 2. The van der Waals surface area contributed by atoms with Gasteiger partial charge in [-0.2, -0.15) is 0 Å². The first-order chi connectivity index (χ1) is 8.02. The molecule has 1 atom stereocenters. The molecule has 18 heavy (non-hydrogen) atoms. The van der Waals surface area contributed by atoms with Crippen LogP contribution >= 0.6 is 12.4 Å². The number of rotatable bonds is 5. The Labute approximate surface area is 116 Å². The zero-order valence-electron chi connectivity index (χ0n) is 11.3. The van der Waals surface area contributed by atoms with E-state index in [4.69, 9.17) is 5.73 Å². The van der Waals surface area contributed by atoms with Crippen molar-refractivity contribution in [2.75, 3.05) is 13.1 Å². The van der Waals surface area contributed by atoms with Gasteiger partial charge in [-0.3, -0.25) is 4.79 Å². The number of nitrogens with one attached hydrogen (secondary N) is 1. The number of carbonyl (C=O) groups excluding carboxylic acids is 1. The molecule has 0 saturated carbocycles. The Balaban J connectivity index is 0.00000289. The van der Waals surface area contributed by atoms with Crippen molar-refractivity contribution < 1.29 is 4.79 Å². The average Bonchev–Trinajstić information content (AvgIpc) is 2.26. The Hall–Kier alpha value is -1.06. The number of halogens is 1. The third-order valence-electron chi connectivity index (χ3n) is 2.80. The molecule has 0 aliphatic carbocycles. The molecule has 3 N–H and O–H groups in total. The Bertz CT molecular complexity index is 373. The molecule has 0 saturated heterocycles. The molecule has 1 amide bonds. The molecule has 102 valence electrons. The molecule has 1 rings (SSSR count). The molecule has 0 fully saturated rings. The van der Waals surface area contributed by atoms with E-state index in [1.165, 1.54) is 16.7 Å². The summed E-state index contributed by atoms with van der Waals surface area (Å²) >= 11 is 0. The van der Waals surface area contributed by atoms with Crippen LogP contribution in [0.1, 0.15) is 23.6 Å². The van der Waals surface area contributed by atoms with E-state index in [1.807, 2.05) is 6.92 Å². The van der Waals surface area contributed by atoms with Gasteiger partial charge in [-0.15, -0.1) is 12.4 Å². The van der Waals surface area contributed by atoms with Crippen LogP contribution in [0.3, 0.4) is 0 Å². The quantitative estimate of drug-likeness (QED) is 0.860. The normalized spacial score (nSPS) is 11.6. The second-order valence-electron chi connectivity index (χ2n) is 4.67. The highest BCUT2D eigenvalue weighted by Crippen LogP contribution is 2.09. The molecule has 0 aromatic heterocycles. The molecule has 1 aromatic carbocycles. The Morgan fingerprint density at radius 3 is 2.33 bits per heavy atom. The van der Waals surface area contributed by atoms with Gasteiger partial charge in [-0.05, 0) is 25.8 Å². The molecule has 1 unspecified atom stereocenters. The van der Waals surface area contributed by atoms with Crippen LogP contribution in [-0.2, 0) is 11.2 Å². The van der Waals surface area contributed by atoms with Gasteiger partial charge in [0.05, 0.1) is 0 Å². The van der Waals surface area contributed by atoms with Crippen LogP contribution in [0.4, 0.5) is 0 Å². The first kappa shape index (κ1) is 16.9. The average molecular weight is 271 g/mol. The standard InChI is InChI=1S/C14H22N2O.ClH/c1-10-6-11(2)8-13(7-10)4-5-16-14(17)12(3)9-15;/h6-8,12H,4-5,9,15H2,1-3H3,(H,16,17);1H. The van der Waals surface area contributed by atoms with Gasteiger partial charge < -0.3 is 11.1 Å². The van der Waals surface area contributed by atoms with Gasteiger partial charge in [0.25, 0.3) is 0 Å². The fourth-order valence-corrected chi connectivity index (χ4v) is 1.82. The lowest BCUT2D eigenvalue weighted by Crippen LogP contribution is -2.34. The topological polar surface area (TPSA) is 55.1 Å². The Morgan fingerprint density at radius 2 is 1.83 bits per heavy atom. The van der Waals surface area contributed by atoms with Gasteiger partial charge >= 0.3 is 0 Å². The minimum absolute atomic E-state index is 0. The van der Waals surface area contributed by atoms with Crippen molar-refractivity contribution in [1.82, 2.24) is 5.32 Å². The predicted octanol–water partition coefficient (Wildman–Crippen LogP) is 1.98. The van der Waals surface area contributed by atoms with Gasteiger partial charge in [-0.1, -0.05) is 36.2 Å². The smallest absolute Gasteiger partial charge is 0.224 e. The maximum atomic E-state index is 11.5. The van der Waals surface area contributed by atoms with Crippen LogP contribution in [0, 0.1) is 19.8 Å². The van der Waals surface area contributed by atoms with E-state index < -0.39 is 0 Å². The van der Waals surface area contributed by atoms with E-state index >= 15 is 0 Å². The highest BCUT2D eigenvalue weighted by molar-refractivity contribution is 5.85. The van der Waals surface area contributed by atoms with Crippen molar-refractivity contribution in [3.63, 3.8) is 0 Å². The van der Waals surface area contributed by atoms with Crippen molar-refractivity contribution in [3.8, 4) is 0 Å². The van der Waals surface area contributed by atoms with Crippen LogP contribution in [0.5, 0.6) is 0 Å². The lowest BCUT2D eigenvalue weighted by molar-refractivity contribution is -0.124. The van der Waals surface area contributed by atoms with E-state index in [9.17, 15) is 4.79 Å². The van der Waals surface area contributed by atoms with Crippen molar-refractivity contribution in [3.05, 3.63) is 34.9 Å². The predicted molar refractivity (Wildman–Crippen MR) is 78.1 cm³/mol. The molecule has 0 bridgehead atoms. The summed E-state index contributed by atoms with van der Waals surface area (Å²) in [5.74, 6) is -0.0638. The Kier molecular flexibility index (Phi) is 7.64. The van der Waals surface area contributed by atoms with E-state index in [0.717, 1.165) is 6.42 Å². The number of carbonyl (C=O) groups is 1. The maximum Gasteiger partial charge on any atom is 0.224 e. The second kappa shape index (κ2) is 8.11. The minimum Gasteiger partial charge on any atom is -0.355 e. The number of aryl methyl sites for hydroxylation is 2. The number of hydrogen-bond acceptors (Lipinski definition) is 2. The molecule has 0 aliphatic rings. The van der Waals surface area contributed by atoms with Crippen molar-refractivity contribution >= 4 is 18.3 Å². The fourth-order valence-electron chi connectivity index (χ4n) is 1.82. The van der Waals surface area contributed by atoms with Gasteiger partial charge in [0.2, 0.25) is 5.91 Å². The molecule has 1 aromatic rings. The third-order valence-corrected chi connectivity index (χ3v) is 2.80. The summed E-state index contributed by atoms with van der Waals surface area (Å²) in [7, 11) is 0. The second-order valence-corrected chi connectivity index (χ2v) is 4.67. The zero-order chi connectivity index (χ0) is 12.8. The van der Waals surface area contributed by atoms with E-state index in [0.29, 0.717) is 13.1 Å². The lowest BCUT2D eigenvalue weighted by atomic mass is 10.0. The molecule has 0 spiro atoms. The first-order valence-corrected chi connectivity index (χ1v) is 6.08. The minimum atomic E-state index is -0.103. The van der Waals surface area contributed by atoms with E-state index in [-0.39, 0.29) is 24.2 Å². The fraction of sp³-hybridized carbons (Fsp3) is 0.500. The summed E-state index contributed by atoms with van der Waals surface area (Å²) in [5, 5.41) is 2.90. The Morgan fingerprint density at radius 1 is 1.28 bits per heavy atom. The first-order valence-electron chi connectivity index (χ1n) is 6.08. The van der Waals surface area contributed by atoms with Crippen molar-refractivity contribution in [2.45, 2.75) is 27.2 Å². The summed E-state index contributed by atoms with van der Waals surface area (Å²) in [4.78, 5) is 11.5. The highest BCUT2D eigenvalue weighted by Gasteiger charge is 2.09. The van der Waals surface area contributed by atoms with Crippen LogP contribution in [0.2, 0.25) is 0 Å². The highest BCUT2D eigenvalue weighted by atomic mass is 35.5. The number of benzene rings is 1. The molecule has 4 heteroatoms. The van der Waals surface area contributed by atoms with Gasteiger partial charge in [0, 0.05) is 19.0 Å². The third kappa shape index (κ3) is 5.52. The molecule has 0 aliphatic heterocycles. The number of amides is 1. The maximum absolute atomic E-state index is 11.5. The SMILES string of the molecule is Cc1cc(C)cc(CCNC(=O)C(C)CN)c1.Cl. The van der Waals surface area contributed by atoms with Crippen LogP contribution in [0.25, 0.3) is 0 Å². The largest absolute Gasteiger partial charge is 0.355 e. The summed E-state index contributed by atoms with van der Waals surface area (Å²) < 4.78 is 0. The molecular formula is C14H23ClN2O. The molecule has 0 radical (unpaired) electrons. The van der Waals surface area contributed by atoms with Crippen LogP contribution in [-0.4, -0.2) is 19.0 Å². The zero-order valence-corrected chi connectivity index (χ0v) is 12.1. The molecular weight excluding hydrogens is 248 g/mol. The van der Waals surface area contributed by atoms with E-state index in [2.05, 4.69) is 37.4 Å². The van der Waals surface area contributed by atoms with E-state index in [1.54, 1.807) is 0 Å². The van der Waals surface area contributed by atoms with Crippen molar-refractivity contribution in [1.29, 1.82) is 0 Å². The summed E-state index contributed by atoms with van der Waals surface area (Å²) in [5.41, 5.74) is 9.23. The van der Waals surface area contributed by atoms with Crippen LogP contribution in [0.15, 0.2) is 18.2 Å². The molecule has 0 heterocycles. The summed E-state index contributed by atoms with van der Waals surface area (Å²) in [6.45, 7) is 7.09. The molecule has 3 nitrogen and oxygen atoms in total. The van der Waals surface area contributed by atoms with Crippen LogP contribution < -0.4 is 11.1 Å². The summed E-state index contributed by atoms with van der Waals surface area (Å²) in [6, 6.07) is 6.47.